The minimum atomic E-state index is 0.773. The van der Waals surface area contributed by atoms with Crippen molar-refractivity contribution in [2.75, 3.05) is 0 Å². The Balaban J connectivity index is -0.0000000506. The highest BCUT2D eigenvalue weighted by Gasteiger charge is 1.71. The number of nitriles is 2. The number of nitrogens with one attached hydrogen (secondary N) is 1. The van der Waals surface area contributed by atoms with Gasteiger partial charge in [0.1, 0.15) is 0 Å². The van der Waals surface area contributed by atoms with E-state index in [-0.39, 0.29) is 0 Å². The van der Waals surface area contributed by atoms with Crippen LogP contribution in [-0.4, -0.2) is 6.72 Å². The number of nitrogens with zero attached hydrogens (tertiary/aromatic N) is 2. The highest BCUT2D eigenvalue weighted by molar-refractivity contribution is 5.16. The zero-order valence-corrected chi connectivity index (χ0v) is 12.7. The van der Waals surface area contributed by atoms with Crippen molar-refractivity contribution >= 4 is 6.72 Å². The third kappa shape index (κ3) is 110. The molecule has 1 N–H and O–H groups in total. The molecule has 0 aliphatic rings. The van der Waals surface area contributed by atoms with E-state index in [9.17, 15) is 0 Å². The summed E-state index contributed by atoms with van der Waals surface area (Å²) in [7, 11) is 0. The first-order chi connectivity index (χ1) is 9.64. The van der Waals surface area contributed by atoms with Crippen LogP contribution in [0.25, 0.3) is 0 Å². The van der Waals surface area contributed by atoms with Crippen molar-refractivity contribution in [2.24, 2.45) is 0 Å². The maximum atomic E-state index is 8.02. The van der Waals surface area contributed by atoms with E-state index in [0.29, 0.717) is 0 Å². The molecule has 5 heteroatoms. The van der Waals surface area contributed by atoms with E-state index in [0.717, 1.165) is 18.4 Å². The quantitative estimate of drug-likeness (QED) is 0.340. The molecule has 0 aromatic heterocycles. The molecule has 5 nitrogen and oxygen atoms in total. The third-order valence-corrected chi connectivity index (χ3v) is 1.33. The van der Waals surface area contributed by atoms with Gasteiger partial charge in [-0.05, 0) is 26.7 Å². The van der Waals surface area contributed by atoms with Crippen LogP contribution in [0.5, 0.6) is 0 Å². The summed E-state index contributed by atoms with van der Waals surface area (Å²) in [5, 5.41) is 21.1. The summed E-state index contributed by atoms with van der Waals surface area (Å²) in [5.41, 5.74) is 0.773. The van der Waals surface area contributed by atoms with Gasteiger partial charge in [-0.25, -0.2) is 0 Å². The molecule has 0 radical (unpaired) electrons. The molecule has 0 saturated carbocycles. The van der Waals surface area contributed by atoms with Crippen LogP contribution in [0.3, 0.4) is 0 Å². The first-order valence-electron chi connectivity index (χ1n) is 5.78. The van der Waals surface area contributed by atoms with Crippen molar-refractivity contribution in [2.45, 2.75) is 40.5 Å². The molecular weight excluding hydrogens is 254 g/mol. The van der Waals surface area contributed by atoms with Crippen LogP contribution in [0.15, 0.2) is 36.5 Å². The van der Waals surface area contributed by atoms with Gasteiger partial charge in [0.25, 0.3) is 0 Å². The molecule has 0 aliphatic carbocycles. The summed E-state index contributed by atoms with van der Waals surface area (Å²) in [6, 6.07) is 3.86. The maximum Gasteiger partial charge on any atom is 0.338 e. The maximum absolute atomic E-state index is 8.02. The lowest BCUT2D eigenvalue weighted by Gasteiger charge is -1.70. The average molecular weight is 278 g/mol. The van der Waals surface area contributed by atoms with E-state index in [4.69, 9.17) is 25.9 Å². The van der Waals surface area contributed by atoms with E-state index in [2.05, 4.69) is 20.2 Å². The van der Waals surface area contributed by atoms with E-state index >= 15 is 0 Å². The van der Waals surface area contributed by atoms with Gasteiger partial charge in [0.15, 0.2) is 0 Å². The van der Waals surface area contributed by atoms with Gasteiger partial charge in [-0.1, -0.05) is 37.5 Å². The zero-order valence-electron chi connectivity index (χ0n) is 12.7. The minimum Gasteiger partial charge on any atom is -0.193 e. The summed E-state index contributed by atoms with van der Waals surface area (Å²) in [6.45, 7) is 14.9. The molecule has 0 spiro atoms. The molecule has 0 amide bonds. The van der Waals surface area contributed by atoms with E-state index in [1.54, 1.807) is 13.0 Å². The summed E-state index contributed by atoms with van der Waals surface area (Å²) in [4.78, 5) is 14.0. The van der Waals surface area contributed by atoms with Crippen LogP contribution in [0.2, 0.25) is 0 Å². The Hall–Kier alpha value is -2.62. The summed E-state index contributed by atoms with van der Waals surface area (Å²) < 4.78 is 0. The molecule has 20 heavy (non-hydrogen) atoms. The van der Waals surface area contributed by atoms with Crippen molar-refractivity contribution < 1.29 is 0 Å². The number of rotatable bonds is 2. The standard InChI is InChI=1S/2C5H7N.C4H8.CH2N.O2/c1-3-5(2)4-6;1-2-3-4-5-6;1-3-4-2;2*1-2/h3H,1-2H3;3-4H,2H2,1H3;3H,1,4H2,2H3;1-2H;/q;;;+1;/b5-3-;4-3-;;;. The molecule has 0 aromatic rings. The molecule has 0 unspecified atom stereocenters. The second kappa shape index (κ2) is 55.2. The second-order valence-corrected chi connectivity index (χ2v) is 2.72. The fourth-order valence-corrected chi connectivity index (χ4v) is 0.235. The van der Waals surface area contributed by atoms with Crippen molar-refractivity contribution in [1.82, 2.24) is 0 Å². The summed E-state index contributed by atoms with van der Waals surface area (Å²) in [5.74, 6) is 0. The Morgan fingerprint density at radius 3 is 1.70 bits per heavy atom. The van der Waals surface area contributed by atoms with Gasteiger partial charge in [0, 0.05) is 21.6 Å². The van der Waals surface area contributed by atoms with E-state index in [1.165, 1.54) is 6.08 Å². The van der Waals surface area contributed by atoms with Crippen LogP contribution in [0, 0.1) is 38.0 Å². The molecule has 0 aliphatic heterocycles. The lowest BCUT2D eigenvalue weighted by atomic mass is 10.3. The number of hydrogen-bond donors (Lipinski definition) is 1. The zero-order chi connectivity index (χ0) is 17.2. The van der Waals surface area contributed by atoms with E-state index in [1.807, 2.05) is 38.1 Å². The van der Waals surface area contributed by atoms with Crippen molar-refractivity contribution in [3.05, 3.63) is 46.4 Å². The van der Waals surface area contributed by atoms with Gasteiger partial charge in [0.05, 0.1) is 12.1 Å². The molecule has 110 valence electrons. The van der Waals surface area contributed by atoms with Gasteiger partial charge < -0.3 is 0 Å². The van der Waals surface area contributed by atoms with Crippen molar-refractivity contribution in [3.8, 4) is 12.1 Å². The first kappa shape index (κ1) is 30.4. The highest BCUT2D eigenvalue weighted by atomic mass is 16.7. The topological polar surface area (TPSA) is 106 Å². The average Bonchev–Trinajstić information content (AvgIpc) is 2.56. The molecule has 0 saturated heterocycles. The van der Waals surface area contributed by atoms with Gasteiger partial charge in [-0.15, -0.1) is 6.58 Å². The molecule has 0 aromatic carbocycles. The molecule has 0 heterocycles. The van der Waals surface area contributed by atoms with Crippen molar-refractivity contribution in [1.29, 1.82) is 15.9 Å². The normalized spacial score (nSPS) is 7.35. The largest absolute Gasteiger partial charge is 0.338 e. The Bertz CT molecular complexity index is 308. The van der Waals surface area contributed by atoms with Crippen LogP contribution in [0.4, 0.5) is 0 Å². The fraction of sp³-hybridized carbons (Fsp3) is 0.400. The monoisotopic (exact) mass is 278 g/mol. The highest BCUT2D eigenvalue weighted by Crippen LogP contribution is 1.83. The Labute approximate surface area is 122 Å². The predicted molar refractivity (Wildman–Crippen MR) is 86.1 cm³/mol. The Morgan fingerprint density at radius 2 is 1.65 bits per heavy atom. The number of allylic oxidation sites excluding steroid dienone is 5. The molecule has 0 bridgehead atoms. The summed E-state index contributed by atoms with van der Waals surface area (Å²) in [6.07, 6.45) is 8.99. The lowest BCUT2D eigenvalue weighted by molar-refractivity contribution is 1.22. The molecule has 0 atom stereocenters. The summed E-state index contributed by atoms with van der Waals surface area (Å²) >= 11 is 0. The smallest absolute Gasteiger partial charge is 0.193 e. The first-order valence-corrected chi connectivity index (χ1v) is 5.78. The number of hydrogen-bond acceptors (Lipinski definition) is 5. The van der Waals surface area contributed by atoms with E-state index < -0.39 is 0 Å². The van der Waals surface area contributed by atoms with Gasteiger partial charge in [0.2, 0.25) is 0 Å². The molecule has 0 fully saturated rings. The van der Waals surface area contributed by atoms with Crippen LogP contribution >= 0.6 is 0 Å². The van der Waals surface area contributed by atoms with Gasteiger partial charge in [-0.2, -0.15) is 10.5 Å². The van der Waals surface area contributed by atoms with Gasteiger partial charge >= 0.3 is 6.72 Å². The lowest BCUT2D eigenvalue weighted by Crippen LogP contribution is -1.58. The SMILES string of the molecule is C/C=C(/C)C#N.C=CCC.CC/C=C\C#N.O=O.[CH+]=N. The third-order valence-electron chi connectivity index (χ3n) is 1.33. The minimum absolute atomic E-state index is 0.773. The fourth-order valence-electron chi connectivity index (χ4n) is 0.235. The van der Waals surface area contributed by atoms with Crippen LogP contribution < -0.4 is 0 Å². The van der Waals surface area contributed by atoms with Gasteiger partial charge in [-0.3, -0.25) is 0 Å². The van der Waals surface area contributed by atoms with Crippen LogP contribution in [0.1, 0.15) is 40.5 Å². The van der Waals surface area contributed by atoms with Crippen LogP contribution in [-0.2, 0) is 0 Å². The predicted octanol–water partition coefficient (Wildman–Crippen LogP) is 4.74. The molecule has 0 rings (SSSR count). The second-order valence-electron chi connectivity index (χ2n) is 2.72. The Kier molecular flexibility index (Phi) is 83.9. The van der Waals surface area contributed by atoms with Crippen molar-refractivity contribution in [3.63, 3.8) is 0 Å². The molecular formula is C15H24N3O2+. The Morgan fingerprint density at radius 1 is 1.25 bits per heavy atom.